The highest BCUT2D eigenvalue weighted by Crippen LogP contribution is 2.34. The van der Waals surface area contributed by atoms with Crippen LogP contribution in [0.25, 0.3) is 0 Å². The molecule has 1 aromatic carbocycles. The molecule has 0 spiro atoms. The maximum atomic E-state index is 13.0. The number of carbonyl (C=O) groups is 2. The first-order valence-corrected chi connectivity index (χ1v) is 7.16. The number of amides is 1. The summed E-state index contributed by atoms with van der Waals surface area (Å²) in [6, 6.07) is 2.39. The van der Waals surface area contributed by atoms with E-state index in [-0.39, 0.29) is 6.10 Å². The average Bonchev–Trinajstić information content (AvgIpc) is 3.03. The summed E-state index contributed by atoms with van der Waals surface area (Å²) in [6.07, 6.45) is -4.40. The highest BCUT2D eigenvalue weighted by Gasteiger charge is 2.37. The molecule has 0 aromatic heterocycles. The molecule has 1 aliphatic rings. The fourth-order valence-electron chi connectivity index (χ4n) is 2.32. The van der Waals surface area contributed by atoms with Gasteiger partial charge in [-0.3, -0.25) is 4.79 Å². The first kappa shape index (κ1) is 18.2. The largest absolute Gasteiger partial charge is 0.479 e. The first-order valence-electron chi connectivity index (χ1n) is 7.16. The van der Waals surface area contributed by atoms with Gasteiger partial charge in [-0.05, 0) is 18.1 Å². The predicted molar refractivity (Wildman–Crippen MR) is 75.1 cm³/mol. The van der Waals surface area contributed by atoms with E-state index >= 15 is 0 Å². The lowest BCUT2D eigenvalue weighted by Crippen LogP contribution is -2.38. The molecule has 1 amide bonds. The standard InChI is InChI=1S/C15H16F3NO5/c16-15(17,18)11-4-2-1-3-10(11)13(14(21)22)19-12(20)8-24-9-5-6-23-7-9/h1-4,9,13H,5-8H2,(H,19,20)(H,21,22). The zero-order chi connectivity index (χ0) is 17.7. The molecule has 1 fully saturated rings. The van der Waals surface area contributed by atoms with Crippen LogP contribution >= 0.6 is 0 Å². The third-order valence-corrected chi connectivity index (χ3v) is 3.47. The van der Waals surface area contributed by atoms with Crippen LogP contribution in [0.2, 0.25) is 0 Å². The van der Waals surface area contributed by atoms with Crippen molar-refractivity contribution >= 4 is 11.9 Å². The molecule has 0 radical (unpaired) electrons. The molecule has 0 bridgehead atoms. The van der Waals surface area contributed by atoms with Crippen LogP contribution in [0, 0.1) is 0 Å². The van der Waals surface area contributed by atoms with Crippen LogP contribution in [0.5, 0.6) is 0 Å². The number of alkyl halides is 3. The van der Waals surface area contributed by atoms with Gasteiger partial charge >= 0.3 is 12.1 Å². The number of nitrogens with one attached hydrogen (secondary N) is 1. The predicted octanol–water partition coefficient (Wildman–Crippen LogP) is 1.75. The number of rotatable bonds is 6. The molecule has 2 rings (SSSR count). The van der Waals surface area contributed by atoms with Crippen LogP contribution in [0.4, 0.5) is 13.2 Å². The smallest absolute Gasteiger partial charge is 0.416 e. The molecular weight excluding hydrogens is 331 g/mol. The molecule has 1 aliphatic heterocycles. The lowest BCUT2D eigenvalue weighted by Gasteiger charge is -2.20. The molecule has 2 N–H and O–H groups in total. The minimum Gasteiger partial charge on any atom is -0.479 e. The van der Waals surface area contributed by atoms with E-state index in [9.17, 15) is 27.9 Å². The van der Waals surface area contributed by atoms with E-state index in [0.717, 1.165) is 18.2 Å². The Morgan fingerprint density at radius 1 is 1.38 bits per heavy atom. The summed E-state index contributed by atoms with van der Waals surface area (Å²) in [4.78, 5) is 23.2. The van der Waals surface area contributed by atoms with Gasteiger partial charge in [0, 0.05) is 6.61 Å². The molecule has 132 valence electrons. The van der Waals surface area contributed by atoms with Gasteiger partial charge in [0.1, 0.15) is 6.61 Å². The Balaban J connectivity index is 2.09. The van der Waals surface area contributed by atoms with Gasteiger partial charge in [0.2, 0.25) is 5.91 Å². The second kappa shape index (κ2) is 7.63. The number of carboxylic acid groups (broad SMARTS) is 1. The summed E-state index contributed by atoms with van der Waals surface area (Å²) in [7, 11) is 0. The normalized spacial score (nSPS) is 19.0. The van der Waals surface area contributed by atoms with Gasteiger partial charge in [-0.25, -0.2) is 4.79 Å². The van der Waals surface area contributed by atoms with E-state index < -0.39 is 41.8 Å². The van der Waals surface area contributed by atoms with E-state index in [4.69, 9.17) is 9.47 Å². The Kier molecular flexibility index (Phi) is 5.79. The number of benzene rings is 1. The van der Waals surface area contributed by atoms with Gasteiger partial charge in [0.15, 0.2) is 6.04 Å². The third-order valence-electron chi connectivity index (χ3n) is 3.47. The van der Waals surface area contributed by atoms with Crippen molar-refractivity contribution in [2.75, 3.05) is 19.8 Å². The third kappa shape index (κ3) is 4.68. The van der Waals surface area contributed by atoms with Gasteiger partial charge in [0.25, 0.3) is 0 Å². The van der Waals surface area contributed by atoms with Gasteiger partial charge in [-0.1, -0.05) is 18.2 Å². The number of carboxylic acids is 1. The summed E-state index contributed by atoms with van der Waals surface area (Å²) in [6.45, 7) is 0.377. The highest BCUT2D eigenvalue weighted by molar-refractivity contribution is 5.85. The molecule has 1 aromatic rings. The van der Waals surface area contributed by atoms with Crippen molar-refractivity contribution < 1.29 is 37.3 Å². The first-order chi connectivity index (χ1) is 11.3. The van der Waals surface area contributed by atoms with Gasteiger partial charge < -0.3 is 19.9 Å². The zero-order valence-electron chi connectivity index (χ0n) is 12.5. The van der Waals surface area contributed by atoms with Crippen LogP contribution in [0.3, 0.4) is 0 Å². The SMILES string of the molecule is O=C(COC1CCOC1)NC(C(=O)O)c1ccccc1C(F)(F)F. The fraction of sp³-hybridized carbons (Fsp3) is 0.467. The van der Waals surface area contributed by atoms with Crippen LogP contribution < -0.4 is 5.32 Å². The van der Waals surface area contributed by atoms with Crippen molar-refractivity contribution in [2.45, 2.75) is 24.7 Å². The summed E-state index contributed by atoms with van der Waals surface area (Å²) in [5.74, 6) is -2.41. The minimum absolute atomic E-state index is 0.276. The number of aliphatic carboxylic acids is 1. The molecule has 0 saturated carbocycles. The molecule has 2 unspecified atom stereocenters. The number of hydrogen-bond acceptors (Lipinski definition) is 4. The summed E-state index contributed by atoms with van der Waals surface area (Å²) >= 11 is 0. The minimum atomic E-state index is -4.73. The van der Waals surface area contributed by atoms with E-state index in [1.807, 2.05) is 0 Å². The van der Waals surface area contributed by atoms with E-state index in [2.05, 4.69) is 5.32 Å². The van der Waals surface area contributed by atoms with Gasteiger partial charge in [0.05, 0.1) is 18.3 Å². The van der Waals surface area contributed by atoms with Crippen LogP contribution in [0.1, 0.15) is 23.6 Å². The average molecular weight is 347 g/mol. The lowest BCUT2D eigenvalue weighted by atomic mass is 10.00. The van der Waals surface area contributed by atoms with Crippen molar-refractivity contribution in [2.24, 2.45) is 0 Å². The van der Waals surface area contributed by atoms with Crippen molar-refractivity contribution in [3.8, 4) is 0 Å². The molecular formula is C15H16F3NO5. The van der Waals surface area contributed by atoms with Crippen LogP contribution in [-0.4, -0.2) is 42.9 Å². The second-order valence-corrected chi connectivity index (χ2v) is 5.22. The maximum Gasteiger partial charge on any atom is 0.416 e. The molecule has 24 heavy (non-hydrogen) atoms. The molecule has 2 atom stereocenters. The van der Waals surface area contributed by atoms with Crippen molar-refractivity contribution in [3.63, 3.8) is 0 Å². The van der Waals surface area contributed by atoms with Crippen molar-refractivity contribution in [1.82, 2.24) is 5.32 Å². The number of halogens is 3. The van der Waals surface area contributed by atoms with E-state index in [1.54, 1.807) is 0 Å². The highest BCUT2D eigenvalue weighted by atomic mass is 19.4. The van der Waals surface area contributed by atoms with Crippen molar-refractivity contribution in [1.29, 1.82) is 0 Å². The monoisotopic (exact) mass is 347 g/mol. The number of carbonyl (C=O) groups excluding carboxylic acids is 1. The zero-order valence-corrected chi connectivity index (χ0v) is 12.5. The Morgan fingerprint density at radius 2 is 2.08 bits per heavy atom. The van der Waals surface area contributed by atoms with Crippen LogP contribution in [-0.2, 0) is 25.2 Å². The molecule has 1 saturated heterocycles. The van der Waals surface area contributed by atoms with E-state index in [1.165, 1.54) is 6.07 Å². The Bertz CT molecular complexity index is 599. The topological polar surface area (TPSA) is 84.9 Å². The number of ether oxygens (including phenoxy) is 2. The van der Waals surface area contributed by atoms with Crippen molar-refractivity contribution in [3.05, 3.63) is 35.4 Å². The molecule has 6 nitrogen and oxygen atoms in total. The molecule has 0 aliphatic carbocycles. The number of hydrogen-bond donors (Lipinski definition) is 2. The summed E-state index contributed by atoms with van der Waals surface area (Å²) in [5.41, 5.74) is -1.64. The van der Waals surface area contributed by atoms with E-state index in [0.29, 0.717) is 19.6 Å². The fourth-order valence-corrected chi connectivity index (χ4v) is 2.32. The summed E-state index contributed by atoms with van der Waals surface area (Å²) < 4.78 is 49.3. The Hall–Kier alpha value is -2.13. The Morgan fingerprint density at radius 3 is 2.67 bits per heavy atom. The molecule has 9 heteroatoms. The van der Waals surface area contributed by atoms with Gasteiger partial charge in [-0.2, -0.15) is 13.2 Å². The maximum absolute atomic E-state index is 13.0. The Labute approximate surface area is 135 Å². The molecule has 1 heterocycles. The summed E-state index contributed by atoms with van der Waals surface area (Å²) in [5, 5.41) is 11.3. The lowest BCUT2D eigenvalue weighted by molar-refractivity contribution is -0.145. The second-order valence-electron chi connectivity index (χ2n) is 5.22. The quantitative estimate of drug-likeness (QED) is 0.819. The van der Waals surface area contributed by atoms with Crippen LogP contribution in [0.15, 0.2) is 24.3 Å². The van der Waals surface area contributed by atoms with Gasteiger partial charge in [-0.15, -0.1) is 0 Å².